The molecule has 1 saturated carbocycles. The van der Waals surface area contributed by atoms with Gasteiger partial charge in [-0.1, -0.05) is 30.6 Å². The maximum absolute atomic E-state index is 12.0. The summed E-state index contributed by atoms with van der Waals surface area (Å²) in [6.45, 7) is 3.96. The van der Waals surface area contributed by atoms with Gasteiger partial charge in [-0.05, 0) is 26.7 Å². The van der Waals surface area contributed by atoms with Crippen LogP contribution >= 0.6 is 11.3 Å². The van der Waals surface area contributed by atoms with Gasteiger partial charge in [-0.15, -0.1) is 0 Å². The Kier molecular flexibility index (Phi) is 4.22. The summed E-state index contributed by atoms with van der Waals surface area (Å²) >= 11 is 1.02. The van der Waals surface area contributed by atoms with E-state index in [-0.39, 0.29) is 16.9 Å². The highest BCUT2D eigenvalue weighted by atomic mass is 32.1. The largest absolute Gasteiger partial charge is 0.462 e. The highest BCUT2D eigenvalue weighted by Gasteiger charge is 2.24. The summed E-state index contributed by atoms with van der Waals surface area (Å²) in [7, 11) is 0. The summed E-state index contributed by atoms with van der Waals surface area (Å²) in [6.07, 6.45) is 5.67. The SMILES string of the molecule is CCOC(=O)c1sc(=O)n(C2CCCCC2)c1C. The molecule has 0 aliphatic heterocycles. The third-order valence-corrected chi connectivity index (χ3v) is 4.51. The van der Waals surface area contributed by atoms with E-state index in [2.05, 4.69) is 0 Å². The zero-order valence-electron chi connectivity index (χ0n) is 10.9. The van der Waals surface area contributed by atoms with Crippen molar-refractivity contribution < 1.29 is 9.53 Å². The number of hydrogen-bond donors (Lipinski definition) is 0. The van der Waals surface area contributed by atoms with Crippen molar-refractivity contribution in [1.29, 1.82) is 0 Å². The first-order valence-corrected chi connectivity index (χ1v) is 7.35. The van der Waals surface area contributed by atoms with E-state index in [1.807, 2.05) is 6.92 Å². The van der Waals surface area contributed by atoms with E-state index >= 15 is 0 Å². The fraction of sp³-hybridized carbons (Fsp3) is 0.692. The molecule has 4 nitrogen and oxygen atoms in total. The molecule has 0 aromatic carbocycles. The van der Waals surface area contributed by atoms with Crippen LogP contribution in [0.15, 0.2) is 4.79 Å². The molecule has 1 aliphatic carbocycles. The predicted octanol–water partition coefficient (Wildman–Crippen LogP) is 2.90. The van der Waals surface area contributed by atoms with Crippen molar-refractivity contribution in [2.24, 2.45) is 0 Å². The fourth-order valence-electron chi connectivity index (χ4n) is 2.60. The molecule has 0 atom stereocenters. The van der Waals surface area contributed by atoms with E-state index in [1.165, 1.54) is 19.3 Å². The molecule has 0 N–H and O–H groups in total. The second-order valence-corrected chi connectivity index (χ2v) is 5.63. The highest BCUT2D eigenvalue weighted by Crippen LogP contribution is 2.29. The zero-order valence-corrected chi connectivity index (χ0v) is 11.7. The van der Waals surface area contributed by atoms with Crippen LogP contribution in [0.3, 0.4) is 0 Å². The number of rotatable bonds is 3. The average molecular weight is 269 g/mol. The van der Waals surface area contributed by atoms with Crippen molar-refractivity contribution in [2.45, 2.75) is 52.0 Å². The molecule has 100 valence electrons. The monoisotopic (exact) mass is 269 g/mol. The van der Waals surface area contributed by atoms with Gasteiger partial charge in [-0.25, -0.2) is 4.79 Å². The summed E-state index contributed by atoms with van der Waals surface area (Å²) in [5.41, 5.74) is 0.773. The molecule has 0 bridgehead atoms. The molecule has 2 rings (SSSR count). The lowest BCUT2D eigenvalue weighted by Gasteiger charge is -2.23. The number of aromatic nitrogens is 1. The Bertz CT molecular complexity index is 483. The minimum absolute atomic E-state index is 0.0255. The van der Waals surface area contributed by atoms with Crippen LogP contribution in [0.1, 0.15) is 60.4 Å². The van der Waals surface area contributed by atoms with Gasteiger partial charge in [0.15, 0.2) is 0 Å². The molecular weight excluding hydrogens is 250 g/mol. The number of hydrogen-bond acceptors (Lipinski definition) is 4. The normalized spacial score (nSPS) is 16.8. The van der Waals surface area contributed by atoms with Gasteiger partial charge in [0.25, 0.3) is 0 Å². The number of carbonyl (C=O) groups excluding carboxylic acids is 1. The summed E-state index contributed by atoms with van der Waals surface area (Å²) in [4.78, 5) is 24.2. The molecule has 1 aromatic heterocycles. The van der Waals surface area contributed by atoms with E-state index in [1.54, 1.807) is 11.5 Å². The second-order valence-electron chi connectivity index (χ2n) is 4.66. The van der Waals surface area contributed by atoms with Gasteiger partial charge in [-0.2, -0.15) is 0 Å². The van der Waals surface area contributed by atoms with Gasteiger partial charge in [0.1, 0.15) is 4.88 Å². The third kappa shape index (κ3) is 2.51. The molecule has 0 spiro atoms. The van der Waals surface area contributed by atoms with Gasteiger partial charge in [0.2, 0.25) is 0 Å². The molecule has 5 heteroatoms. The lowest BCUT2D eigenvalue weighted by molar-refractivity contribution is 0.0530. The molecule has 1 aromatic rings. The van der Waals surface area contributed by atoms with Crippen LogP contribution in [0.25, 0.3) is 0 Å². The third-order valence-electron chi connectivity index (χ3n) is 3.48. The molecule has 0 amide bonds. The number of ether oxygens (including phenoxy) is 1. The smallest absolute Gasteiger partial charge is 0.350 e. The molecule has 1 aliphatic rings. The molecule has 18 heavy (non-hydrogen) atoms. The maximum atomic E-state index is 12.0. The van der Waals surface area contributed by atoms with E-state index < -0.39 is 0 Å². The van der Waals surface area contributed by atoms with Crippen LogP contribution in [0.4, 0.5) is 0 Å². The lowest BCUT2D eigenvalue weighted by atomic mass is 9.95. The van der Waals surface area contributed by atoms with Crippen LogP contribution in [0.5, 0.6) is 0 Å². The Morgan fingerprint density at radius 1 is 1.39 bits per heavy atom. The Balaban J connectivity index is 2.31. The van der Waals surface area contributed by atoms with Crippen LogP contribution in [-0.4, -0.2) is 17.1 Å². The number of thiazole rings is 1. The van der Waals surface area contributed by atoms with Gasteiger partial charge < -0.3 is 4.74 Å². The van der Waals surface area contributed by atoms with Crippen molar-refractivity contribution in [3.63, 3.8) is 0 Å². The van der Waals surface area contributed by atoms with Crippen LogP contribution in [-0.2, 0) is 4.74 Å². The highest BCUT2D eigenvalue weighted by molar-refractivity contribution is 7.11. The molecule has 0 unspecified atom stereocenters. The predicted molar refractivity (Wildman–Crippen MR) is 71.4 cm³/mol. The van der Waals surface area contributed by atoms with Crippen LogP contribution in [0.2, 0.25) is 0 Å². The zero-order chi connectivity index (χ0) is 13.1. The van der Waals surface area contributed by atoms with E-state index in [9.17, 15) is 9.59 Å². The molecule has 0 radical (unpaired) electrons. The first-order valence-electron chi connectivity index (χ1n) is 6.54. The van der Waals surface area contributed by atoms with Gasteiger partial charge >= 0.3 is 10.8 Å². The van der Waals surface area contributed by atoms with Crippen LogP contribution in [0, 0.1) is 6.92 Å². The van der Waals surface area contributed by atoms with E-state index in [0.29, 0.717) is 11.5 Å². The van der Waals surface area contributed by atoms with E-state index in [4.69, 9.17) is 4.74 Å². The molecular formula is C13H19NO3S. The molecule has 1 heterocycles. The standard InChI is InChI=1S/C13H19NO3S/c1-3-17-12(15)11-9(2)14(13(16)18-11)10-7-5-4-6-8-10/h10H,3-8H2,1-2H3. The molecule has 0 saturated heterocycles. The van der Waals surface area contributed by atoms with Gasteiger partial charge in [0.05, 0.1) is 6.61 Å². The second kappa shape index (κ2) is 5.69. The van der Waals surface area contributed by atoms with Gasteiger partial charge in [0, 0.05) is 11.7 Å². The Morgan fingerprint density at radius 3 is 2.67 bits per heavy atom. The summed E-state index contributed by atoms with van der Waals surface area (Å²) in [5, 5.41) is 0. The van der Waals surface area contributed by atoms with Crippen molar-refractivity contribution in [1.82, 2.24) is 4.57 Å². The first kappa shape index (κ1) is 13.3. The summed E-state index contributed by atoms with van der Waals surface area (Å²) in [5.74, 6) is -0.369. The average Bonchev–Trinajstić information content (AvgIpc) is 2.66. The summed E-state index contributed by atoms with van der Waals surface area (Å²) in [6, 6.07) is 0.269. The van der Waals surface area contributed by atoms with E-state index in [0.717, 1.165) is 29.9 Å². The Morgan fingerprint density at radius 2 is 2.06 bits per heavy atom. The topological polar surface area (TPSA) is 48.3 Å². The van der Waals surface area contributed by atoms with Crippen molar-refractivity contribution in [3.05, 3.63) is 20.2 Å². The molecule has 1 fully saturated rings. The Labute approximate surface area is 111 Å². The number of carbonyl (C=O) groups is 1. The first-order chi connectivity index (χ1) is 8.65. The van der Waals surface area contributed by atoms with Crippen molar-refractivity contribution >= 4 is 17.3 Å². The minimum Gasteiger partial charge on any atom is -0.462 e. The number of esters is 1. The van der Waals surface area contributed by atoms with Crippen LogP contribution < -0.4 is 4.87 Å². The fourth-order valence-corrected chi connectivity index (χ4v) is 3.55. The van der Waals surface area contributed by atoms with Crippen molar-refractivity contribution in [3.8, 4) is 0 Å². The summed E-state index contributed by atoms with van der Waals surface area (Å²) < 4.78 is 6.79. The maximum Gasteiger partial charge on any atom is 0.350 e. The van der Waals surface area contributed by atoms with Gasteiger partial charge in [-0.3, -0.25) is 9.36 Å². The quantitative estimate of drug-likeness (QED) is 0.793. The lowest BCUT2D eigenvalue weighted by Crippen LogP contribution is -2.23. The minimum atomic E-state index is -0.369. The van der Waals surface area contributed by atoms with Crippen molar-refractivity contribution in [2.75, 3.05) is 6.61 Å². The Hall–Kier alpha value is -1.10. The number of nitrogens with zero attached hydrogens (tertiary/aromatic N) is 1.